The Morgan fingerprint density at radius 2 is 1.75 bits per heavy atom. The Hall–Kier alpha value is -3.17. The average molecular weight is 500 g/mol. The SMILES string of the molecule is C[C@@H](OC[C@]1(c2ccccc2)CC[C@@](C(=O)CO)(n2cn[nH]c2=O)CC1)c1cc(CF)cc(CF)c1. The molecule has 1 fully saturated rings. The monoisotopic (exact) mass is 499 g/mol. The highest BCUT2D eigenvalue weighted by Gasteiger charge is 2.49. The maximum Gasteiger partial charge on any atom is 0.343 e. The number of ether oxygens (including phenoxy) is 1. The van der Waals surface area contributed by atoms with Gasteiger partial charge >= 0.3 is 5.69 Å². The molecule has 0 radical (unpaired) electrons. The molecular formula is C27H31F2N3O4. The Morgan fingerprint density at radius 3 is 2.28 bits per heavy atom. The Balaban J connectivity index is 1.62. The first kappa shape index (κ1) is 25.9. The fraction of sp³-hybridized carbons (Fsp3) is 0.444. The van der Waals surface area contributed by atoms with Gasteiger partial charge in [0.1, 0.15) is 31.8 Å². The molecule has 1 atom stereocenters. The molecule has 9 heteroatoms. The predicted octanol–water partition coefficient (Wildman–Crippen LogP) is 4.06. The van der Waals surface area contributed by atoms with Gasteiger partial charge in [-0.2, -0.15) is 5.10 Å². The normalized spacial score (nSPS) is 22.9. The van der Waals surface area contributed by atoms with Crippen molar-refractivity contribution in [2.75, 3.05) is 13.2 Å². The van der Waals surface area contributed by atoms with E-state index in [2.05, 4.69) is 10.2 Å². The maximum atomic E-state index is 13.3. The fourth-order valence-electron chi connectivity index (χ4n) is 5.37. The molecular weight excluding hydrogens is 468 g/mol. The molecule has 0 saturated heterocycles. The van der Waals surface area contributed by atoms with Crippen molar-refractivity contribution in [3.63, 3.8) is 0 Å². The molecule has 4 rings (SSSR count). The molecule has 1 saturated carbocycles. The molecule has 3 aromatic rings. The summed E-state index contributed by atoms with van der Waals surface area (Å²) in [5.41, 5.74) is 0.421. The number of aliphatic hydroxyl groups excluding tert-OH is 1. The quantitative estimate of drug-likeness (QED) is 0.439. The van der Waals surface area contributed by atoms with Crippen molar-refractivity contribution >= 4 is 5.78 Å². The number of ketones is 1. The van der Waals surface area contributed by atoms with Crippen LogP contribution in [0.3, 0.4) is 0 Å². The molecule has 0 aliphatic heterocycles. The smallest absolute Gasteiger partial charge is 0.343 e. The summed E-state index contributed by atoms with van der Waals surface area (Å²) < 4.78 is 34.3. The van der Waals surface area contributed by atoms with E-state index in [1.807, 2.05) is 37.3 Å². The number of rotatable bonds is 10. The van der Waals surface area contributed by atoms with Crippen LogP contribution in [0.25, 0.3) is 0 Å². The third-order valence-electron chi connectivity index (χ3n) is 7.56. The third-order valence-corrected chi connectivity index (χ3v) is 7.56. The molecule has 36 heavy (non-hydrogen) atoms. The van der Waals surface area contributed by atoms with Crippen LogP contribution < -0.4 is 5.69 Å². The predicted molar refractivity (Wildman–Crippen MR) is 130 cm³/mol. The summed E-state index contributed by atoms with van der Waals surface area (Å²) in [4.78, 5) is 25.3. The van der Waals surface area contributed by atoms with E-state index in [1.54, 1.807) is 12.1 Å². The van der Waals surface area contributed by atoms with Gasteiger partial charge in [0.15, 0.2) is 5.78 Å². The first-order chi connectivity index (χ1) is 17.4. The molecule has 192 valence electrons. The van der Waals surface area contributed by atoms with Crippen molar-refractivity contribution in [2.24, 2.45) is 0 Å². The van der Waals surface area contributed by atoms with Crippen LogP contribution >= 0.6 is 0 Å². The fourth-order valence-corrected chi connectivity index (χ4v) is 5.37. The van der Waals surface area contributed by atoms with Crippen molar-refractivity contribution < 1.29 is 23.4 Å². The second-order valence-corrected chi connectivity index (χ2v) is 9.59. The highest BCUT2D eigenvalue weighted by molar-refractivity contribution is 5.87. The lowest BCUT2D eigenvalue weighted by atomic mass is 9.63. The van der Waals surface area contributed by atoms with Gasteiger partial charge in [0.05, 0.1) is 12.7 Å². The molecule has 2 N–H and O–H groups in total. The van der Waals surface area contributed by atoms with Crippen LogP contribution in [0.5, 0.6) is 0 Å². The van der Waals surface area contributed by atoms with E-state index in [-0.39, 0.29) is 0 Å². The standard InChI is InChI=1S/C27H31F2N3O4/c1-19(22-12-20(14-28)11-21(13-22)15-29)36-17-26(23-5-3-2-4-6-23)7-9-27(10-8-26,24(34)16-33)32-18-30-31-25(32)35/h2-6,11-13,18-19,33H,7-10,14-17H2,1H3,(H,31,35)/t19-,26-,27+/m1/s1. The summed E-state index contributed by atoms with van der Waals surface area (Å²) in [5, 5.41) is 15.8. The number of benzene rings is 2. The van der Waals surface area contributed by atoms with Crippen LogP contribution in [0.4, 0.5) is 8.78 Å². The van der Waals surface area contributed by atoms with E-state index in [0.717, 1.165) is 5.56 Å². The van der Waals surface area contributed by atoms with Crippen molar-refractivity contribution in [3.8, 4) is 0 Å². The minimum atomic E-state index is -1.19. The van der Waals surface area contributed by atoms with Crippen LogP contribution in [0.15, 0.2) is 59.7 Å². The van der Waals surface area contributed by atoms with E-state index in [1.165, 1.54) is 17.0 Å². The van der Waals surface area contributed by atoms with E-state index >= 15 is 0 Å². The molecule has 1 aromatic heterocycles. The number of aromatic nitrogens is 3. The highest BCUT2D eigenvalue weighted by atomic mass is 19.1. The van der Waals surface area contributed by atoms with Crippen LogP contribution in [-0.4, -0.2) is 38.9 Å². The lowest BCUT2D eigenvalue weighted by Crippen LogP contribution is -2.53. The minimum Gasteiger partial charge on any atom is -0.388 e. The molecule has 1 aliphatic rings. The second kappa shape index (κ2) is 10.8. The molecule has 1 aliphatic carbocycles. The number of halogens is 2. The summed E-state index contributed by atoms with van der Waals surface area (Å²) >= 11 is 0. The van der Waals surface area contributed by atoms with Crippen LogP contribution in [0, 0.1) is 0 Å². The third kappa shape index (κ3) is 4.90. The number of hydrogen-bond acceptors (Lipinski definition) is 5. The van der Waals surface area contributed by atoms with Gasteiger partial charge in [0, 0.05) is 5.41 Å². The topological polar surface area (TPSA) is 97.2 Å². The van der Waals surface area contributed by atoms with Crippen molar-refractivity contribution in [2.45, 2.75) is 63.0 Å². The summed E-state index contributed by atoms with van der Waals surface area (Å²) in [6.07, 6.45) is 2.58. The number of alkyl halides is 2. The van der Waals surface area contributed by atoms with Crippen LogP contribution in [0.2, 0.25) is 0 Å². The van der Waals surface area contributed by atoms with E-state index in [0.29, 0.717) is 49.0 Å². The largest absolute Gasteiger partial charge is 0.388 e. The number of carbonyl (C=O) groups excluding carboxylic acids is 1. The number of carbonyl (C=O) groups is 1. The van der Waals surface area contributed by atoms with Gasteiger partial charge in [-0.15, -0.1) is 0 Å². The lowest BCUT2D eigenvalue weighted by molar-refractivity contribution is -0.134. The Labute approximate surface area is 208 Å². The summed E-state index contributed by atoms with van der Waals surface area (Å²) in [5.74, 6) is -0.427. The summed E-state index contributed by atoms with van der Waals surface area (Å²) in [6.45, 7) is 0.120. The number of Topliss-reactive ketones (excluding diaryl/α,β-unsaturated/α-hetero) is 1. The van der Waals surface area contributed by atoms with Gasteiger partial charge in [0.25, 0.3) is 0 Å². The van der Waals surface area contributed by atoms with Crippen molar-refractivity contribution in [3.05, 3.63) is 87.6 Å². The number of H-pyrrole nitrogens is 1. The molecule has 2 aromatic carbocycles. The molecule has 7 nitrogen and oxygen atoms in total. The van der Waals surface area contributed by atoms with Gasteiger partial charge in [-0.3, -0.25) is 9.36 Å². The molecule has 0 amide bonds. The van der Waals surface area contributed by atoms with E-state index in [4.69, 9.17) is 4.74 Å². The van der Waals surface area contributed by atoms with Crippen LogP contribution in [0.1, 0.15) is 61.0 Å². The number of nitrogens with zero attached hydrogens (tertiary/aromatic N) is 2. The Bertz CT molecular complexity index is 1210. The first-order valence-electron chi connectivity index (χ1n) is 12.1. The average Bonchev–Trinajstić information content (AvgIpc) is 3.37. The van der Waals surface area contributed by atoms with Crippen molar-refractivity contribution in [1.82, 2.24) is 14.8 Å². The molecule has 0 bridgehead atoms. The molecule has 0 spiro atoms. The molecule has 0 unspecified atom stereocenters. The van der Waals surface area contributed by atoms with Crippen molar-refractivity contribution in [1.29, 1.82) is 0 Å². The number of aliphatic hydroxyl groups is 1. The minimum absolute atomic E-state index is 0.312. The lowest BCUT2D eigenvalue weighted by Gasteiger charge is -2.46. The zero-order valence-corrected chi connectivity index (χ0v) is 20.3. The van der Waals surface area contributed by atoms with Gasteiger partial charge in [0.2, 0.25) is 0 Å². The Kier molecular flexibility index (Phi) is 7.80. The number of nitrogens with one attached hydrogen (secondary N) is 1. The van der Waals surface area contributed by atoms with E-state index < -0.39 is 48.5 Å². The molecule has 1 heterocycles. The van der Waals surface area contributed by atoms with Gasteiger partial charge < -0.3 is 9.84 Å². The Morgan fingerprint density at radius 1 is 1.11 bits per heavy atom. The summed E-state index contributed by atoms with van der Waals surface area (Å²) in [7, 11) is 0. The van der Waals surface area contributed by atoms with E-state index in [9.17, 15) is 23.5 Å². The van der Waals surface area contributed by atoms with Gasteiger partial charge in [-0.25, -0.2) is 18.7 Å². The maximum absolute atomic E-state index is 13.3. The second-order valence-electron chi connectivity index (χ2n) is 9.59. The van der Waals surface area contributed by atoms with Crippen LogP contribution in [-0.2, 0) is 33.8 Å². The summed E-state index contributed by atoms with van der Waals surface area (Å²) in [6, 6.07) is 14.7. The zero-order chi connectivity index (χ0) is 25.8. The van der Waals surface area contributed by atoms with Gasteiger partial charge in [-0.1, -0.05) is 48.5 Å². The number of aromatic amines is 1. The first-order valence-corrected chi connectivity index (χ1v) is 12.1. The highest BCUT2D eigenvalue weighted by Crippen LogP contribution is 2.47. The number of hydrogen-bond donors (Lipinski definition) is 2. The van der Waals surface area contributed by atoms with Gasteiger partial charge in [-0.05, 0) is 54.9 Å². The zero-order valence-electron chi connectivity index (χ0n) is 20.3.